The van der Waals surface area contributed by atoms with Gasteiger partial charge in [0.2, 0.25) is 0 Å². The van der Waals surface area contributed by atoms with E-state index in [1.54, 1.807) is 12.7 Å². The third kappa shape index (κ3) is 2.36. The topological polar surface area (TPSA) is 48.5 Å². The Morgan fingerprint density at radius 1 is 0.960 bits per heavy atom. The van der Waals surface area contributed by atoms with E-state index in [1.165, 1.54) is 5.56 Å². The van der Waals surface area contributed by atoms with Crippen molar-refractivity contribution in [3.8, 4) is 0 Å². The van der Waals surface area contributed by atoms with Crippen LogP contribution in [0, 0.1) is 6.92 Å². The lowest BCUT2D eigenvalue weighted by Gasteiger charge is -2.34. The number of imidazole rings is 1. The molecule has 5 heteroatoms. The normalized spacial score (nSPS) is 13.5. The minimum Gasteiger partial charge on any atom is -0.335 e. The number of nitrogens with zero attached hydrogens (tertiary/aromatic N) is 5. The van der Waals surface area contributed by atoms with Gasteiger partial charge in [-0.2, -0.15) is 5.10 Å². The molecule has 0 aliphatic carbocycles. The monoisotopic (exact) mass is 329 g/mol. The van der Waals surface area contributed by atoms with E-state index in [9.17, 15) is 0 Å². The predicted molar refractivity (Wildman–Crippen MR) is 96.1 cm³/mol. The molecule has 1 atom stereocenters. The number of aromatic nitrogens is 5. The van der Waals surface area contributed by atoms with E-state index in [0.29, 0.717) is 0 Å². The number of benzene rings is 2. The van der Waals surface area contributed by atoms with Crippen LogP contribution in [0.4, 0.5) is 0 Å². The van der Waals surface area contributed by atoms with Crippen LogP contribution in [0.3, 0.4) is 0 Å². The van der Waals surface area contributed by atoms with Crippen LogP contribution in [0.1, 0.15) is 22.5 Å². The average Bonchev–Trinajstić information content (AvgIpc) is 3.30. The quantitative estimate of drug-likeness (QED) is 0.578. The van der Waals surface area contributed by atoms with Crippen LogP contribution in [0.2, 0.25) is 0 Å². The van der Waals surface area contributed by atoms with Gasteiger partial charge in [0, 0.05) is 19.4 Å². The van der Waals surface area contributed by atoms with E-state index in [-0.39, 0.29) is 0 Å². The first-order valence-electron chi connectivity index (χ1n) is 8.18. The highest BCUT2D eigenvalue weighted by Gasteiger charge is 2.42. The van der Waals surface area contributed by atoms with E-state index in [4.69, 9.17) is 4.98 Å². The molecule has 0 saturated heterocycles. The second-order valence-electron chi connectivity index (χ2n) is 6.15. The van der Waals surface area contributed by atoms with Crippen molar-refractivity contribution in [2.75, 3.05) is 0 Å². The molecule has 0 radical (unpaired) electrons. The molecule has 0 saturated carbocycles. The summed E-state index contributed by atoms with van der Waals surface area (Å²) in [4.78, 5) is 8.92. The second kappa shape index (κ2) is 6.02. The number of aryl methyl sites for hydroxylation is 2. The van der Waals surface area contributed by atoms with Crippen LogP contribution in [-0.2, 0) is 12.6 Å². The van der Waals surface area contributed by atoms with Crippen molar-refractivity contribution in [3.05, 3.63) is 102 Å². The molecule has 124 valence electrons. The lowest BCUT2D eigenvalue weighted by Crippen LogP contribution is -2.40. The summed E-state index contributed by atoms with van der Waals surface area (Å²) in [6.45, 7) is 2.10. The summed E-state index contributed by atoms with van der Waals surface area (Å²) in [5.41, 5.74) is 2.67. The zero-order valence-corrected chi connectivity index (χ0v) is 14.2. The van der Waals surface area contributed by atoms with E-state index in [0.717, 1.165) is 17.0 Å². The van der Waals surface area contributed by atoms with E-state index in [2.05, 4.69) is 53.4 Å². The fraction of sp³-hybridized carbons (Fsp3) is 0.150. The molecule has 0 amide bonds. The van der Waals surface area contributed by atoms with Gasteiger partial charge in [-0.1, -0.05) is 60.2 Å². The zero-order valence-electron chi connectivity index (χ0n) is 14.2. The molecule has 0 aliphatic rings. The number of rotatable bonds is 4. The first-order chi connectivity index (χ1) is 12.2. The molecule has 0 aliphatic heterocycles. The fourth-order valence-electron chi connectivity index (χ4n) is 3.44. The third-order valence-electron chi connectivity index (χ3n) is 4.53. The maximum absolute atomic E-state index is 4.70. The molecule has 0 spiro atoms. The summed E-state index contributed by atoms with van der Waals surface area (Å²) >= 11 is 0. The molecule has 4 rings (SSSR count). The van der Waals surface area contributed by atoms with Crippen molar-refractivity contribution in [3.63, 3.8) is 0 Å². The number of hydrogen-bond donors (Lipinski definition) is 0. The Bertz CT molecular complexity index is 972. The summed E-state index contributed by atoms with van der Waals surface area (Å²) < 4.78 is 3.93. The van der Waals surface area contributed by atoms with Gasteiger partial charge in [-0.25, -0.2) is 14.6 Å². The zero-order chi connectivity index (χ0) is 17.3. The van der Waals surface area contributed by atoms with Crippen LogP contribution < -0.4 is 0 Å². The largest absolute Gasteiger partial charge is 0.335 e. The lowest BCUT2D eigenvalue weighted by molar-refractivity contribution is 0.422. The minimum atomic E-state index is -0.692. The summed E-state index contributed by atoms with van der Waals surface area (Å²) in [5, 5.41) is 4.52. The van der Waals surface area contributed by atoms with Gasteiger partial charge in [-0.3, -0.25) is 0 Å². The summed E-state index contributed by atoms with van der Waals surface area (Å²) in [5.74, 6) is 0.884. The summed E-state index contributed by atoms with van der Waals surface area (Å²) in [7, 11) is 2.01. The molecule has 0 fully saturated rings. The van der Waals surface area contributed by atoms with Gasteiger partial charge in [-0.15, -0.1) is 0 Å². The van der Waals surface area contributed by atoms with Crippen molar-refractivity contribution in [1.82, 2.24) is 24.3 Å². The molecule has 0 N–H and O–H groups in total. The molecule has 5 nitrogen and oxygen atoms in total. The van der Waals surface area contributed by atoms with Crippen molar-refractivity contribution in [2.45, 2.75) is 12.5 Å². The third-order valence-corrected chi connectivity index (χ3v) is 4.53. The Morgan fingerprint density at radius 3 is 2.40 bits per heavy atom. The Labute approximate surface area is 146 Å². The molecule has 1 unspecified atom stereocenters. The Kier molecular flexibility index (Phi) is 3.69. The standard InChI is InChI=1S/C20H19N5/c1-16-7-6-10-18(13-16)20(25-15-21-14-23-25,17-8-4-3-5-9-17)19-22-11-12-24(19)2/h3-15H,1-2H3. The molecule has 2 aromatic carbocycles. The van der Waals surface area contributed by atoms with Crippen LogP contribution in [0.25, 0.3) is 0 Å². The average molecular weight is 329 g/mol. The van der Waals surface area contributed by atoms with Gasteiger partial charge < -0.3 is 4.57 Å². The van der Waals surface area contributed by atoms with Gasteiger partial charge in [0.05, 0.1) is 0 Å². The molecule has 0 bridgehead atoms. The molecule has 2 heterocycles. The van der Waals surface area contributed by atoms with E-state index >= 15 is 0 Å². The Balaban J connectivity index is 2.15. The minimum absolute atomic E-state index is 0.692. The molecule has 2 aromatic heterocycles. The molecule has 25 heavy (non-hydrogen) atoms. The van der Waals surface area contributed by atoms with Crippen molar-refractivity contribution in [2.24, 2.45) is 7.05 Å². The summed E-state index contributed by atoms with van der Waals surface area (Å²) in [6, 6.07) is 18.8. The van der Waals surface area contributed by atoms with Crippen molar-refractivity contribution < 1.29 is 0 Å². The van der Waals surface area contributed by atoms with Gasteiger partial charge in [0.15, 0.2) is 5.54 Å². The van der Waals surface area contributed by atoms with Gasteiger partial charge in [0.25, 0.3) is 0 Å². The van der Waals surface area contributed by atoms with Crippen molar-refractivity contribution >= 4 is 0 Å². The van der Waals surface area contributed by atoms with Crippen LogP contribution >= 0.6 is 0 Å². The smallest absolute Gasteiger partial charge is 0.172 e. The van der Waals surface area contributed by atoms with Crippen LogP contribution in [-0.4, -0.2) is 24.3 Å². The molecular formula is C20H19N5. The highest BCUT2D eigenvalue weighted by atomic mass is 15.4. The van der Waals surface area contributed by atoms with E-state index in [1.807, 2.05) is 46.9 Å². The van der Waals surface area contributed by atoms with Gasteiger partial charge >= 0.3 is 0 Å². The molecular weight excluding hydrogens is 310 g/mol. The van der Waals surface area contributed by atoms with Crippen LogP contribution in [0.5, 0.6) is 0 Å². The maximum Gasteiger partial charge on any atom is 0.172 e. The van der Waals surface area contributed by atoms with Gasteiger partial charge in [0.1, 0.15) is 18.5 Å². The second-order valence-corrected chi connectivity index (χ2v) is 6.15. The van der Waals surface area contributed by atoms with Gasteiger partial charge in [-0.05, 0) is 18.1 Å². The Hall–Kier alpha value is -3.21. The predicted octanol–water partition coefficient (Wildman–Crippen LogP) is 3.16. The highest BCUT2D eigenvalue weighted by Crippen LogP contribution is 2.39. The lowest BCUT2D eigenvalue weighted by atomic mass is 9.81. The SMILES string of the molecule is Cc1cccc(C(c2ccccc2)(c2nccn2C)n2cncn2)c1. The summed E-state index contributed by atoms with van der Waals surface area (Å²) in [6.07, 6.45) is 7.10. The first-order valence-corrected chi connectivity index (χ1v) is 8.18. The van der Waals surface area contributed by atoms with Crippen molar-refractivity contribution in [1.29, 1.82) is 0 Å². The first kappa shape index (κ1) is 15.3. The maximum atomic E-state index is 4.70. The molecule has 4 aromatic rings. The van der Waals surface area contributed by atoms with E-state index < -0.39 is 5.54 Å². The Morgan fingerprint density at radius 2 is 1.76 bits per heavy atom. The fourth-order valence-corrected chi connectivity index (χ4v) is 3.44. The highest BCUT2D eigenvalue weighted by molar-refractivity contribution is 5.47. The number of hydrogen-bond acceptors (Lipinski definition) is 3. The van der Waals surface area contributed by atoms with Crippen LogP contribution in [0.15, 0.2) is 79.6 Å².